The third-order valence-corrected chi connectivity index (χ3v) is 5.22. The van der Waals surface area contributed by atoms with Gasteiger partial charge in [-0.1, -0.05) is 17.7 Å². The average molecular weight is 405 g/mol. The van der Waals surface area contributed by atoms with Crippen LogP contribution in [-0.4, -0.2) is 24.1 Å². The van der Waals surface area contributed by atoms with Crippen LogP contribution in [0.4, 0.5) is 11.4 Å². The Balaban J connectivity index is 1.72. The lowest BCUT2D eigenvalue weighted by Gasteiger charge is -2.10. The van der Waals surface area contributed by atoms with Crippen LogP contribution >= 0.6 is 11.6 Å². The van der Waals surface area contributed by atoms with Crippen LogP contribution in [0.25, 0.3) is 0 Å². The van der Waals surface area contributed by atoms with Gasteiger partial charge in [-0.25, -0.2) is 8.42 Å². The van der Waals surface area contributed by atoms with Crippen LogP contribution in [0, 0.1) is 6.92 Å². The third kappa shape index (κ3) is 5.08. The van der Waals surface area contributed by atoms with Gasteiger partial charge >= 0.3 is 0 Å². The second-order valence-corrected chi connectivity index (χ2v) is 8.02. The predicted molar refractivity (Wildman–Crippen MR) is 104 cm³/mol. The van der Waals surface area contributed by atoms with E-state index in [2.05, 4.69) is 15.1 Å². The molecule has 27 heavy (non-hydrogen) atoms. The van der Waals surface area contributed by atoms with Gasteiger partial charge in [-0.2, -0.15) is 5.10 Å². The van der Waals surface area contributed by atoms with Gasteiger partial charge < -0.3 is 5.32 Å². The van der Waals surface area contributed by atoms with Gasteiger partial charge in [0.2, 0.25) is 5.91 Å². The summed E-state index contributed by atoms with van der Waals surface area (Å²) in [5.74, 6) is -0.307. The van der Waals surface area contributed by atoms with E-state index >= 15 is 0 Å². The first-order valence-corrected chi connectivity index (χ1v) is 9.85. The van der Waals surface area contributed by atoms with Crippen molar-refractivity contribution in [2.75, 3.05) is 10.0 Å². The average Bonchev–Trinajstić information content (AvgIpc) is 3.01. The number of nitrogens with zero attached hydrogens (tertiary/aromatic N) is 2. The Labute approximate surface area is 162 Å². The van der Waals surface area contributed by atoms with Crippen LogP contribution < -0.4 is 10.0 Å². The first-order valence-electron chi connectivity index (χ1n) is 7.99. The van der Waals surface area contributed by atoms with Crippen LogP contribution in [0.5, 0.6) is 0 Å². The maximum atomic E-state index is 12.5. The molecule has 0 saturated carbocycles. The van der Waals surface area contributed by atoms with Gasteiger partial charge in [0.25, 0.3) is 10.0 Å². The molecule has 0 fully saturated rings. The minimum atomic E-state index is -3.80. The number of hydrogen-bond donors (Lipinski definition) is 2. The zero-order chi connectivity index (χ0) is 19.4. The van der Waals surface area contributed by atoms with Crippen LogP contribution in [-0.2, 0) is 21.4 Å². The van der Waals surface area contributed by atoms with Crippen LogP contribution in [0.3, 0.4) is 0 Å². The molecule has 7 nitrogen and oxygen atoms in total. The maximum Gasteiger partial charge on any atom is 0.261 e. The lowest BCUT2D eigenvalue weighted by Crippen LogP contribution is -2.19. The fourth-order valence-corrected chi connectivity index (χ4v) is 3.60. The number of aryl methyl sites for hydroxylation is 1. The molecule has 1 heterocycles. The Morgan fingerprint density at radius 2 is 1.89 bits per heavy atom. The highest BCUT2D eigenvalue weighted by atomic mass is 35.5. The molecule has 0 spiro atoms. The highest BCUT2D eigenvalue weighted by Gasteiger charge is 2.15. The number of hydrogen-bond acceptors (Lipinski definition) is 4. The number of aromatic nitrogens is 2. The van der Waals surface area contributed by atoms with Gasteiger partial charge in [0.05, 0.1) is 11.1 Å². The summed E-state index contributed by atoms with van der Waals surface area (Å²) in [7, 11) is -3.80. The van der Waals surface area contributed by atoms with Crippen molar-refractivity contribution in [3.8, 4) is 0 Å². The van der Waals surface area contributed by atoms with E-state index in [4.69, 9.17) is 11.6 Å². The van der Waals surface area contributed by atoms with Gasteiger partial charge in [-0.3, -0.25) is 14.2 Å². The zero-order valence-corrected chi connectivity index (χ0v) is 16.0. The number of halogens is 1. The monoisotopic (exact) mass is 404 g/mol. The lowest BCUT2D eigenvalue weighted by atomic mass is 10.3. The number of carbonyl (C=O) groups is 1. The minimum Gasteiger partial charge on any atom is -0.324 e. The number of nitrogens with one attached hydrogen (secondary N) is 2. The summed E-state index contributed by atoms with van der Waals surface area (Å²) in [6, 6.07) is 12.3. The molecule has 1 aromatic heterocycles. The molecule has 0 saturated heterocycles. The molecule has 0 aliphatic rings. The first-order chi connectivity index (χ1) is 12.8. The lowest BCUT2D eigenvalue weighted by molar-refractivity contribution is -0.116. The van der Waals surface area contributed by atoms with E-state index < -0.39 is 10.0 Å². The summed E-state index contributed by atoms with van der Waals surface area (Å²) in [5, 5.41) is 7.23. The molecule has 140 valence electrons. The molecule has 0 aliphatic carbocycles. The minimum absolute atomic E-state index is 0.0326. The fraction of sp³-hybridized carbons (Fsp3) is 0.111. The molecular formula is C18H17ClN4O3S. The van der Waals surface area contributed by atoms with Crippen molar-refractivity contribution in [1.82, 2.24) is 9.78 Å². The Morgan fingerprint density at radius 1 is 1.15 bits per heavy atom. The Bertz CT molecular complexity index is 1060. The molecular weight excluding hydrogens is 388 g/mol. The van der Waals surface area contributed by atoms with Gasteiger partial charge in [0.15, 0.2) is 0 Å². The van der Waals surface area contributed by atoms with Gasteiger partial charge in [-0.05, 0) is 55.0 Å². The molecule has 3 rings (SSSR count). The van der Waals surface area contributed by atoms with Crippen molar-refractivity contribution in [2.24, 2.45) is 0 Å². The molecule has 1 amide bonds. The second-order valence-electron chi connectivity index (χ2n) is 5.90. The van der Waals surface area contributed by atoms with E-state index in [-0.39, 0.29) is 17.3 Å². The summed E-state index contributed by atoms with van der Waals surface area (Å²) in [6.07, 6.45) is 3.40. The number of amides is 1. The number of rotatable bonds is 6. The smallest absolute Gasteiger partial charge is 0.261 e. The second kappa shape index (κ2) is 7.81. The van der Waals surface area contributed by atoms with Crippen molar-refractivity contribution < 1.29 is 13.2 Å². The van der Waals surface area contributed by atoms with Gasteiger partial charge in [0.1, 0.15) is 6.54 Å². The Morgan fingerprint density at radius 3 is 2.56 bits per heavy atom. The topological polar surface area (TPSA) is 93.1 Å². The van der Waals surface area contributed by atoms with Gasteiger partial charge in [0, 0.05) is 22.6 Å². The van der Waals surface area contributed by atoms with Crippen LogP contribution in [0.1, 0.15) is 5.56 Å². The SMILES string of the molecule is Cc1cnn(CC(=O)Nc2cccc(S(=O)(=O)Nc3ccc(Cl)cc3)c2)c1. The maximum absolute atomic E-state index is 12.5. The predicted octanol–water partition coefficient (Wildman–Crippen LogP) is 3.28. The number of anilines is 2. The molecule has 0 aliphatic heterocycles. The molecule has 0 radical (unpaired) electrons. The van der Waals surface area contributed by atoms with E-state index in [0.717, 1.165) is 5.56 Å². The van der Waals surface area contributed by atoms with Gasteiger partial charge in [-0.15, -0.1) is 0 Å². The standard InChI is InChI=1S/C18H17ClN4O3S/c1-13-10-20-23(11-13)12-18(24)21-16-3-2-4-17(9-16)27(25,26)22-15-7-5-14(19)6-8-15/h2-11,22H,12H2,1H3,(H,21,24). The summed E-state index contributed by atoms with van der Waals surface area (Å²) >= 11 is 5.80. The normalized spacial score (nSPS) is 11.2. The number of benzene rings is 2. The van der Waals surface area contributed by atoms with E-state index in [0.29, 0.717) is 16.4 Å². The number of sulfonamides is 1. The summed E-state index contributed by atoms with van der Waals surface area (Å²) in [4.78, 5) is 12.2. The van der Waals surface area contributed by atoms with Crippen molar-refractivity contribution in [1.29, 1.82) is 0 Å². The molecule has 9 heteroatoms. The van der Waals surface area contributed by atoms with Crippen LogP contribution in [0.15, 0.2) is 65.8 Å². The first kappa shape index (κ1) is 18.9. The molecule has 0 bridgehead atoms. The number of carbonyl (C=O) groups excluding carboxylic acids is 1. The van der Waals surface area contributed by atoms with Crippen molar-refractivity contribution in [3.05, 3.63) is 71.5 Å². The van der Waals surface area contributed by atoms with Crippen LogP contribution in [0.2, 0.25) is 5.02 Å². The highest BCUT2D eigenvalue weighted by Crippen LogP contribution is 2.20. The van der Waals surface area contributed by atoms with Crippen molar-refractivity contribution >= 4 is 38.9 Å². The van der Waals surface area contributed by atoms with E-state index in [1.54, 1.807) is 48.8 Å². The molecule has 2 N–H and O–H groups in total. The molecule has 0 unspecified atom stereocenters. The van der Waals surface area contributed by atoms with E-state index in [1.807, 2.05) is 6.92 Å². The Kier molecular flexibility index (Phi) is 5.48. The van der Waals surface area contributed by atoms with E-state index in [1.165, 1.54) is 16.8 Å². The molecule has 3 aromatic rings. The summed E-state index contributed by atoms with van der Waals surface area (Å²) < 4.78 is 29.1. The van der Waals surface area contributed by atoms with Crippen molar-refractivity contribution in [3.63, 3.8) is 0 Å². The molecule has 2 aromatic carbocycles. The fourth-order valence-electron chi connectivity index (χ4n) is 2.37. The quantitative estimate of drug-likeness (QED) is 0.659. The molecule has 0 atom stereocenters. The van der Waals surface area contributed by atoms with E-state index in [9.17, 15) is 13.2 Å². The third-order valence-electron chi connectivity index (χ3n) is 3.59. The summed E-state index contributed by atoms with van der Waals surface area (Å²) in [5.41, 5.74) is 1.72. The van der Waals surface area contributed by atoms with Crippen molar-refractivity contribution in [2.45, 2.75) is 18.4 Å². The largest absolute Gasteiger partial charge is 0.324 e. The zero-order valence-electron chi connectivity index (χ0n) is 14.4. The summed E-state index contributed by atoms with van der Waals surface area (Å²) in [6.45, 7) is 1.91. The highest BCUT2D eigenvalue weighted by molar-refractivity contribution is 7.92. The Hall–Kier alpha value is -2.84.